The van der Waals surface area contributed by atoms with Gasteiger partial charge in [-0.2, -0.15) is 0 Å². The average molecular weight is 345 g/mol. The summed E-state index contributed by atoms with van der Waals surface area (Å²) in [6.45, 7) is 6.47. The molecule has 132 valence electrons. The highest BCUT2D eigenvalue weighted by Crippen LogP contribution is 2.19. The van der Waals surface area contributed by atoms with Gasteiger partial charge in [0.15, 0.2) is 0 Å². The smallest absolute Gasteiger partial charge is 0.144 e. The fraction of sp³-hybridized carbons (Fsp3) is 0.227. The molecule has 1 aromatic carbocycles. The maximum absolute atomic E-state index is 5.59. The van der Waals surface area contributed by atoms with E-state index in [9.17, 15) is 0 Å². The molecule has 1 aliphatic rings. The topological polar surface area (TPSA) is 53.2 Å². The van der Waals surface area contributed by atoms with E-state index in [1.165, 1.54) is 16.8 Å². The van der Waals surface area contributed by atoms with Gasteiger partial charge in [0.25, 0.3) is 0 Å². The molecule has 0 radical (unpaired) electrons. The Labute approximate surface area is 152 Å². The number of rotatable bonds is 3. The third kappa shape index (κ3) is 2.68. The fourth-order valence-corrected chi connectivity index (χ4v) is 3.66. The molecule has 4 nitrogen and oxygen atoms in total. The normalized spacial score (nSPS) is 15.6. The van der Waals surface area contributed by atoms with Gasteiger partial charge in [-0.05, 0) is 49.6 Å². The summed E-state index contributed by atoms with van der Waals surface area (Å²) in [5.41, 5.74) is 5.95. The van der Waals surface area contributed by atoms with Crippen LogP contribution in [0.15, 0.2) is 35.3 Å². The summed E-state index contributed by atoms with van der Waals surface area (Å²) in [7, 11) is 1.70. The minimum Gasteiger partial charge on any atom is -0.494 e. The number of ether oxygens (including phenoxy) is 1. The first-order valence-corrected chi connectivity index (χ1v) is 8.93. The third-order valence-electron chi connectivity index (χ3n) is 5.05. The van der Waals surface area contributed by atoms with Crippen molar-refractivity contribution >= 4 is 17.8 Å². The zero-order valence-electron chi connectivity index (χ0n) is 15.6. The van der Waals surface area contributed by atoms with Crippen LogP contribution in [0.1, 0.15) is 29.4 Å². The van der Waals surface area contributed by atoms with Crippen LogP contribution in [0.2, 0.25) is 0 Å². The minimum atomic E-state index is 0.816. The number of para-hydroxylation sites is 1. The van der Waals surface area contributed by atoms with Gasteiger partial charge in [0.05, 0.1) is 28.9 Å². The standard InChI is InChI=1S/C22H23N3O/c1-5-16-13(2)18(23-14(16)3)11-21-22(26-4)12-20(25-21)19-10-15-8-6-7-9-17(15)24-19/h6-12,23,25H,5H2,1-4H3/b20-19+,21-11-. The highest BCUT2D eigenvalue weighted by Gasteiger charge is 2.10. The van der Waals surface area contributed by atoms with Gasteiger partial charge in [0, 0.05) is 22.7 Å². The fourth-order valence-electron chi connectivity index (χ4n) is 3.66. The Bertz CT molecular complexity index is 1190. The molecule has 1 aliphatic heterocycles. The van der Waals surface area contributed by atoms with Crippen molar-refractivity contribution < 1.29 is 4.74 Å². The molecule has 4 heteroatoms. The van der Waals surface area contributed by atoms with Crippen LogP contribution in [0.3, 0.4) is 0 Å². The maximum atomic E-state index is 5.59. The Morgan fingerprint density at radius 3 is 2.65 bits per heavy atom. The van der Waals surface area contributed by atoms with Crippen LogP contribution in [-0.2, 0) is 6.42 Å². The molecule has 26 heavy (non-hydrogen) atoms. The van der Waals surface area contributed by atoms with Crippen molar-refractivity contribution in [1.82, 2.24) is 9.97 Å². The molecule has 0 atom stereocenters. The summed E-state index contributed by atoms with van der Waals surface area (Å²) < 4.78 is 5.59. The summed E-state index contributed by atoms with van der Waals surface area (Å²) in [5.74, 6) is 0.816. The number of benzene rings is 1. The molecule has 0 saturated heterocycles. The summed E-state index contributed by atoms with van der Waals surface area (Å²) >= 11 is 0. The molecular weight excluding hydrogens is 322 g/mol. The lowest BCUT2D eigenvalue weighted by atomic mass is 10.1. The van der Waals surface area contributed by atoms with Gasteiger partial charge in [-0.1, -0.05) is 25.1 Å². The van der Waals surface area contributed by atoms with E-state index < -0.39 is 0 Å². The van der Waals surface area contributed by atoms with Crippen LogP contribution in [0.25, 0.3) is 17.8 Å². The average Bonchev–Trinajstić information content (AvgIpc) is 3.31. The van der Waals surface area contributed by atoms with Crippen LogP contribution in [-0.4, -0.2) is 17.1 Å². The molecule has 2 aromatic heterocycles. The summed E-state index contributed by atoms with van der Waals surface area (Å²) in [6.07, 6.45) is 5.25. The Kier molecular flexibility index (Phi) is 4.03. The summed E-state index contributed by atoms with van der Waals surface area (Å²) in [5, 5.41) is 4.05. The molecule has 4 rings (SSSR count). The summed E-state index contributed by atoms with van der Waals surface area (Å²) in [4.78, 5) is 11.7. The van der Waals surface area contributed by atoms with Crippen molar-refractivity contribution in [3.63, 3.8) is 0 Å². The van der Waals surface area contributed by atoms with Crippen molar-refractivity contribution in [1.29, 1.82) is 0 Å². The Morgan fingerprint density at radius 2 is 1.96 bits per heavy atom. The van der Waals surface area contributed by atoms with Gasteiger partial charge in [0.1, 0.15) is 5.75 Å². The van der Waals surface area contributed by atoms with Crippen LogP contribution >= 0.6 is 0 Å². The lowest BCUT2D eigenvalue weighted by Crippen LogP contribution is -2.19. The molecule has 0 saturated carbocycles. The Morgan fingerprint density at radius 1 is 1.15 bits per heavy atom. The van der Waals surface area contributed by atoms with Crippen LogP contribution in [0.4, 0.5) is 0 Å². The van der Waals surface area contributed by atoms with Gasteiger partial charge < -0.3 is 14.7 Å². The van der Waals surface area contributed by atoms with Crippen molar-refractivity contribution in [2.75, 3.05) is 7.11 Å². The number of H-pyrrole nitrogens is 2. The first-order valence-electron chi connectivity index (χ1n) is 8.93. The predicted octanol–water partition coefficient (Wildman–Crippen LogP) is 1.58. The lowest BCUT2D eigenvalue weighted by Gasteiger charge is -1.96. The second-order valence-corrected chi connectivity index (χ2v) is 6.63. The van der Waals surface area contributed by atoms with Gasteiger partial charge in [-0.3, -0.25) is 0 Å². The molecule has 0 bridgehead atoms. The molecule has 3 aromatic rings. The van der Waals surface area contributed by atoms with Crippen LogP contribution in [0.5, 0.6) is 5.75 Å². The molecule has 2 N–H and O–H groups in total. The molecule has 0 aliphatic carbocycles. The van der Waals surface area contributed by atoms with Gasteiger partial charge in [0.2, 0.25) is 0 Å². The van der Waals surface area contributed by atoms with Crippen molar-refractivity contribution in [3.8, 4) is 5.75 Å². The van der Waals surface area contributed by atoms with Gasteiger partial charge in [-0.25, -0.2) is 4.99 Å². The number of aryl methyl sites for hydroxylation is 1. The number of nitrogens with one attached hydrogen (secondary N) is 2. The second kappa shape index (κ2) is 6.37. The van der Waals surface area contributed by atoms with E-state index in [1.54, 1.807) is 7.11 Å². The SMILES string of the molecule is CCc1c(C)[nH]c(/C=c2\[nH]/c(=C3\C=c4ccccc4=N3)cc2OC)c1C. The monoisotopic (exact) mass is 345 g/mol. The zero-order valence-corrected chi connectivity index (χ0v) is 15.6. The van der Waals surface area contributed by atoms with Crippen LogP contribution in [0, 0.1) is 13.8 Å². The van der Waals surface area contributed by atoms with Crippen LogP contribution < -0.4 is 26.0 Å². The Hall–Kier alpha value is -3.01. The number of nitrogens with zero attached hydrogens (tertiary/aromatic N) is 1. The highest BCUT2D eigenvalue weighted by atomic mass is 16.5. The van der Waals surface area contributed by atoms with Gasteiger partial charge >= 0.3 is 0 Å². The second-order valence-electron chi connectivity index (χ2n) is 6.63. The number of fused-ring (bicyclic) bond motifs is 1. The first kappa shape index (κ1) is 16.5. The quantitative estimate of drug-likeness (QED) is 0.744. The van der Waals surface area contributed by atoms with Crippen molar-refractivity contribution in [3.05, 3.63) is 74.1 Å². The lowest BCUT2D eigenvalue weighted by molar-refractivity contribution is 0.412. The maximum Gasteiger partial charge on any atom is 0.144 e. The molecule has 0 spiro atoms. The Balaban J connectivity index is 1.91. The number of aromatic nitrogens is 2. The van der Waals surface area contributed by atoms with E-state index in [0.717, 1.165) is 44.8 Å². The zero-order chi connectivity index (χ0) is 18.3. The number of methoxy groups -OCH3 is 1. The molecule has 0 fully saturated rings. The van der Waals surface area contributed by atoms with E-state index in [1.807, 2.05) is 24.3 Å². The highest BCUT2D eigenvalue weighted by molar-refractivity contribution is 5.76. The minimum absolute atomic E-state index is 0.816. The number of hydrogen-bond donors (Lipinski definition) is 2. The van der Waals surface area contributed by atoms with E-state index in [0.29, 0.717) is 0 Å². The van der Waals surface area contributed by atoms with E-state index >= 15 is 0 Å². The van der Waals surface area contributed by atoms with E-state index in [2.05, 4.69) is 49.0 Å². The summed E-state index contributed by atoms with van der Waals surface area (Å²) in [6, 6.07) is 10.2. The third-order valence-corrected chi connectivity index (χ3v) is 5.05. The first-order chi connectivity index (χ1) is 12.6. The van der Waals surface area contributed by atoms with Crippen molar-refractivity contribution in [2.24, 2.45) is 4.99 Å². The number of aromatic amines is 2. The van der Waals surface area contributed by atoms with E-state index in [-0.39, 0.29) is 0 Å². The van der Waals surface area contributed by atoms with Crippen molar-refractivity contribution in [2.45, 2.75) is 27.2 Å². The molecule has 0 amide bonds. The van der Waals surface area contributed by atoms with E-state index in [4.69, 9.17) is 9.73 Å². The number of hydrogen-bond acceptors (Lipinski definition) is 2. The largest absolute Gasteiger partial charge is 0.494 e. The molecular formula is C22H23N3O. The predicted molar refractivity (Wildman–Crippen MR) is 105 cm³/mol. The molecule has 0 unspecified atom stereocenters. The molecule has 3 heterocycles. The van der Waals surface area contributed by atoms with Gasteiger partial charge in [-0.15, -0.1) is 0 Å².